The first-order valence-electron chi connectivity index (χ1n) is 11.3. The van der Waals surface area contributed by atoms with Crippen molar-refractivity contribution in [2.75, 3.05) is 37.1 Å². The van der Waals surface area contributed by atoms with Crippen LogP contribution in [0.1, 0.15) is 51.5 Å². The lowest BCUT2D eigenvalue weighted by atomic mass is 9.95. The molecule has 0 radical (unpaired) electrons. The number of halogens is 1. The first-order valence-corrected chi connectivity index (χ1v) is 11.7. The summed E-state index contributed by atoms with van der Waals surface area (Å²) >= 11 is 6.03. The summed E-state index contributed by atoms with van der Waals surface area (Å²) in [6.07, 6.45) is 3.99. The standard InChI is InChI=1S/C25H34ClN3O3/c1-17(2)16-29(21-9-11-32-12-10-21)23-7-5-19(18(3)13-25(30)31-4)14-22(23)28-24-8-6-20(26)15-27-24/h5-8,14-15,17-18,21H,9-13,16H2,1-4H3,(H,27,28)/t18-/m1/s1. The molecule has 0 unspecified atom stereocenters. The predicted octanol–water partition coefficient (Wildman–Crippen LogP) is 5.79. The van der Waals surface area contributed by atoms with Gasteiger partial charge in [-0.3, -0.25) is 4.79 Å². The van der Waals surface area contributed by atoms with Crippen molar-refractivity contribution < 1.29 is 14.3 Å². The van der Waals surface area contributed by atoms with E-state index in [4.69, 9.17) is 21.1 Å². The van der Waals surface area contributed by atoms with Gasteiger partial charge in [-0.25, -0.2) is 4.98 Å². The number of hydrogen-bond donors (Lipinski definition) is 1. The molecule has 1 aromatic heterocycles. The van der Waals surface area contributed by atoms with Crippen molar-refractivity contribution in [2.45, 2.75) is 52.0 Å². The Balaban J connectivity index is 1.99. The lowest BCUT2D eigenvalue weighted by Gasteiger charge is -2.38. The number of pyridine rings is 1. The number of ether oxygens (including phenoxy) is 2. The van der Waals surface area contributed by atoms with Gasteiger partial charge in [-0.15, -0.1) is 0 Å². The molecule has 1 aliphatic rings. The summed E-state index contributed by atoms with van der Waals surface area (Å²) in [6, 6.07) is 10.5. The van der Waals surface area contributed by atoms with Gasteiger partial charge in [0.1, 0.15) is 5.82 Å². The molecule has 0 saturated carbocycles. The zero-order valence-electron chi connectivity index (χ0n) is 19.4. The van der Waals surface area contributed by atoms with Crippen molar-refractivity contribution in [3.63, 3.8) is 0 Å². The topological polar surface area (TPSA) is 63.7 Å². The number of anilines is 3. The van der Waals surface area contributed by atoms with Gasteiger partial charge in [0.2, 0.25) is 0 Å². The van der Waals surface area contributed by atoms with Crippen LogP contribution in [-0.2, 0) is 14.3 Å². The molecular weight excluding hydrogens is 426 g/mol. The van der Waals surface area contributed by atoms with E-state index >= 15 is 0 Å². The molecule has 7 heteroatoms. The van der Waals surface area contributed by atoms with E-state index in [1.165, 1.54) is 7.11 Å². The van der Waals surface area contributed by atoms with Crippen molar-refractivity contribution in [1.29, 1.82) is 0 Å². The number of rotatable bonds is 9. The van der Waals surface area contributed by atoms with Gasteiger partial charge in [0.25, 0.3) is 0 Å². The van der Waals surface area contributed by atoms with Gasteiger partial charge < -0.3 is 19.7 Å². The number of nitrogens with one attached hydrogen (secondary N) is 1. The van der Waals surface area contributed by atoms with Crippen molar-refractivity contribution >= 4 is 34.8 Å². The second-order valence-corrected chi connectivity index (χ2v) is 9.27. The molecular formula is C25H34ClN3O3. The largest absolute Gasteiger partial charge is 0.469 e. The van der Waals surface area contributed by atoms with Gasteiger partial charge in [-0.05, 0) is 54.5 Å². The van der Waals surface area contributed by atoms with Crippen LogP contribution in [0.4, 0.5) is 17.2 Å². The van der Waals surface area contributed by atoms with Crippen LogP contribution >= 0.6 is 11.6 Å². The third kappa shape index (κ3) is 6.59. The molecule has 2 aromatic rings. The average molecular weight is 460 g/mol. The Kier molecular flexibility index (Phi) is 8.76. The minimum atomic E-state index is -0.209. The Morgan fingerprint density at radius 3 is 2.62 bits per heavy atom. The SMILES string of the molecule is COC(=O)C[C@@H](C)c1ccc(N(CC(C)C)C2CCOCC2)c(Nc2ccc(Cl)cn2)c1. The summed E-state index contributed by atoms with van der Waals surface area (Å²) in [7, 11) is 1.43. The fourth-order valence-electron chi connectivity index (χ4n) is 4.08. The summed E-state index contributed by atoms with van der Waals surface area (Å²) in [5.74, 6) is 1.07. The van der Waals surface area contributed by atoms with Gasteiger partial charge >= 0.3 is 5.97 Å². The zero-order valence-corrected chi connectivity index (χ0v) is 20.2. The van der Waals surface area contributed by atoms with Crippen LogP contribution in [0, 0.1) is 5.92 Å². The quantitative estimate of drug-likeness (QED) is 0.479. The maximum Gasteiger partial charge on any atom is 0.306 e. The van der Waals surface area contributed by atoms with Gasteiger partial charge in [-0.2, -0.15) is 0 Å². The number of methoxy groups -OCH3 is 1. The molecule has 0 aliphatic carbocycles. The second kappa shape index (κ2) is 11.5. The van der Waals surface area contributed by atoms with E-state index in [1.807, 2.05) is 19.1 Å². The van der Waals surface area contributed by atoms with Gasteiger partial charge in [0.05, 0.1) is 29.9 Å². The number of carbonyl (C=O) groups excluding carboxylic acids is 1. The normalized spacial score (nSPS) is 15.4. The molecule has 2 heterocycles. The van der Waals surface area contributed by atoms with Crippen molar-refractivity contribution in [3.05, 3.63) is 47.1 Å². The molecule has 0 bridgehead atoms. The van der Waals surface area contributed by atoms with E-state index < -0.39 is 0 Å². The third-order valence-electron chi connectivity index (χ3n) is 5.78. The monoisotopic (exact) mass is 459 g/mol. The molecule has 1 aromatic carbocycles. The first-order chi connectivity index (χ1) is 15.4. The zero-order chi connectivity index (χ0) is 23.1. The molecule has 6 nitrogen and oxygen atoms in total. The summed E-state index contributed by atoms with van der Waals surface area (Å²) in [6.45, 7) is 9.05. The van der Waals surface area contributed by atoms with E-state index in [9.17, 15) is 4.79 Å². The van der Waals surface area contributed by atoms with Gasteiger partial charge in [0, 0.05) is 32.0 Å². The Morgan fingerprint density at radius 1 is 1.25 bits per heavy atom. The summed E-state index contributed by atoms with van der Waals surface area (Å²) in [5.41, 5.74) is 3.18. The van der Waals surface area contributed by atoms with E-state index in [0.29, 0.717) is 23.4 Å². The number of benzene rings is 1. The maximum atomic E-state index is 11.8. The molecule has 3 rings (SSSR count). The highest BCUT2D eigenvalue weighted by Gasteiger charge is 2.25. The minimum Gasteiger partial charge on any atom is -0.469 e. The highest BCUT2D eigenvalue weighted by Crippen LogP contribution is 2.36. The van der Waals surface area contributed by atoms with E-state index in [2.05, 4.69) is 47.2 Å². The van der Waals surface area contributed by atoms with E-state index in [1.54, 1.807) is 6.20 Å². The predicted molar refractivity (Wildman–Crippen MR) is 130 cm³/mol. The smallest absolute Gasteiger partial charge is 0.306 e. The van der Waals surface area contributed by atoms with Crippen molar-refractivity contribution in [2.24, 2.45) is 5.92 Å². The summed E-state index contributed by atoms with van der Waals surface area (Å²) in [4.78, 5) is 18.8. The number of nitrogens with zero attached hydrogens (tertiary/aromatic N) is 2. The molecule has 0 spiro atoms. The fourth-order valence-corrected chi connectivity index (χ4v) is 4.20. The lowest BCUT2D eigenvalue weighted by molar-refractivity contribution is -0.140. The van der Waals surface area contributed by atoms with E-state index in [0.717, 1.165) is 55.4 Å². The molecule has 32 heavy (non-hydrogen) atoms. The number of esters is 1. The van der Waals surface area contributed by atoms with Crippen LogP contribution in [0.15, 0.2) is 36.5 Å². The Bertz CT molecular complexity index is 883. The lowest BCUT2D eigenvalue weighted by Crippen LogP contribution is -2.42. The van der Waals surface area contributed by atoms with Gasteiger partial charge in [0.15, 0.2) is 0 Å². The summed E-state index contributed by atoms with van der Waals surface area (Å²) < 4.78 is 10.5. The highest BCUT2D eigenvalue weighted by atomic mass is 35.5. The molecule has 1 saturated heterocycles. The van der Waals surface area contributed by atoms with Crippen LogP contribution < -0.4 is 10.2 Å². The highest BCUT2D eigenvalue weighted by molar-refractivity contribution is 6.30. The van der Waals surface area contributed by atoms with Crippen LogP contribution in [-0.4, -0.2) is 43.9 Å². The minimum absolute atomic E-state index is 0.0388. The number of hydrogen-bond acceptors (Lipinski definition) is 6. The van der Waals surface area contributed by atoms with Gasteiger partial charge in [-0.1, -0.05) is 38.4 Å². The number of aromatic nitrogens is 1. The first kappa shape index (κ1) is 24.3. The molecule has 0 amide bonds. The summed E-state index contributed by atoms with van der Waals surface area (Å²) in [5, 5.41) is 4.09. The van der Waals surface area contributed by atoms with Crippen molar-refractivity contribution in [3.8, 4) is 0 Å². The van der Waals surface area contributed by atoms with Crippen LogP contribution in [0.25, 0.3) is 0 Å². The van der Waals surface area contributed by atoms with Crippen LogP contribution in [0.3, 0.4) is 0 Å². The van der Waals surface area contributed by atoms with E-state index in [-0.39, 0.29) is 11.9 Å². The molecule has 1 aliphatic heterocycles. The maximum absolute atomic E-state index is 11.8. The Morgan fingerprint density at radius 2 is 2.00 bits per heavy atom. The third-order valence-corrected chi connectivity index (χ3v) is 6.01. The van der Waals surface area contributed by atoms with Crippen LogP contribution in [0.5, 0.6) is 0 Å². The van der Waals surface area contributed by atoms with Crippen molar-refractivity contribution in [1.82, 2.24) is 4.98 Å². The Labute approximate surface area is 196 Å². The van der Waals surface area contributed by atoms with Crippen LogP contribution in [0.2, 0.25) is 5.02 Å². The Hall–Kier alpha value is -2.31. The molecule has 1 N–H and O–H groups in total. The average Bonchev–Trinajstić information content (AvgIpc) is 2.79. The molecule has 174 valence electrons. The fraction of sp³-hybridized carbons (Fsp3) is 0.520. The number of carbonyl (C=O) groups is 1. The molecule has 1 fully saturated rings. The second-order valence-electron chi connectivity index (χ2n) is 8.83. The molecule has 1 atom stereocenters.